The predicted octanol–water partition coefficient (Wildman–Crippen LogP) is 3.98. The van der Waals surface area contributed by atoms with Gasteiger partial charge in [0.25, 0.3) is 0 Å². The van der Waals surface area contributed by atoms with Crippen molar-refractivity contribution >= 4 is 38.6 Å². The summed E-state index contributed by atoms with van der Waals surface area (Å²) in [6, 6.07) is 4.18. The first-order valence-electron chi connectivity index (χ1n) is 4.78. The highest BCUT2D eigenvalue weighted by Crippen LogP contribution is 2.26. The fourth-order valence-corrected chi connectivity index (χ4v) is 2.51. The molecule has 1 aromatic carbocycles. The van der Waals surface area contributed by atoms with E-state index in [9.17, 15) is 8.78 Å². The molecule has 0 amide bonds. The van der Waals surface area contributed by atoms with Crippen molar-refractivity contribution in [3.8, 4) is 0 Å². The van der Waals surface area contributed by atoms with E-state index in [2.05, 4.69) is 21.2 Å². The summed E-state index contributed by atoms with van der Waals surface area (Å²) in [5, 5.41) is 4.55. The van der Waals surface area contributed by atoms with Gasteiger partial charge in [0.2, 0.25) is 0 Å². The van der Waals surface area contributed by atoms with Crippen LogP contribution in [0, 0.1) is 11.6 Å². The SMILES string of the molecule is Nc1ccsc1CNc1c(F)cc(Br)cc1F. The van der Waals surface area contributed by atoms with Crippen molar-refractivity contribution in [3.63, 3.8) is 0 Å². The van der Waals surface area contributed by atoms with Crippen LogP contribution >= 0.6 is 27.3 Å². The highest BCUT2D eigenvalue weighted by atomic mass is 79.9. The Balaban J connectivity index is 2.17. The molecule has 0 spiro atoms. The predicted molar refractivity (Wildman–Crippen MR) is 70.1 cm³/mol. The van der Waals surface area contributed by atoms with Gasteiger partial charge in [-0.2, -0.15) is 0 Å². The first-order valence-corrected chi connectivity index (χ1v) is 6.45. The van der Waals surface area contributed by atoms with Gasteiger partial charge < -0.3 is 11.1 Å². The fourth-order valence-electron chi connectivity index (χ4n) is 1.37. The Morgan fingerprint density at radius 2 is 1.94 bits per heavy atom. The van der Waals surface area contributed by atoms with Crippen LogP contribution in [0.1, 0.15) is 4.88 Å². The van der Waals surface area contributed by atoms with Gasteiger partial charge in [-0.15, -0.1) is 11.3 Å². The van der Waals surface area contributed by atoms with Crippen LogP contribution in [0.2, 0.25) is 0 Å². The second-order valence-corrected chi connectivity index (χ2v) is 5.31. The molecule has 2 nitrogen and oxygen atoms in total. The van der Waals surface area contributed by atoms with E-state index in [0.29, 0.717) is 16.7 Å². The van der Waals surface area contributed by atoms with Crippen LogP contribution in [0.3, 0.4) is 0 Å². The van der Waals surface area contributed by atoms with Crippen molar-refractivity contribution in [2.75, 3.05) is 11.1 Å². The maximum atomic E-state index is 13.5. The van der Waals surface area contributed by atoms with E-state index in [-0.39, 0.29) is 5.69 Å². The molecule has 0 aliphatic heterocycles. The van der Waals surface area contributed by atoms with Crippen LogP contribution in [0.4, 0.5) is 20.2 Å². The van der Waals surface area contributed by atoms with Gasteiger partial charge in [-0.25, -0.2) is 8.78 Å². The third kappa shape index (κ3) is 2.76. The largest absolute Gasteiger partial charge is 0.398 e. The van der Waals surface area contributed by atoms with Gasteiger partial charge in [0, 0.05) is 15.0 Å². The van der Waals surface area contributed by atoms with Crippen LogP contribution in [0.5, 0.6) is 0 Å². The van der Waals surface area contributed by atoms with Crippen LogP contribution < -0.4 is 11.1 Å². The van der Waals surface area contributed by atoms with Gasteiger partial charge in [0.05, 0.1) is 6.54 Å². The molecule has 1 aromatic heterocycles. The van der Waals surface area contributed by atoms with E-state index in [4.69, 9.17) is 5.73 Å². The van der Waals surface area contributed by atoms with Crippen LogP contribution in [-0.2, 0) is 6.54 Å². The maximum Gasteiger partial charge on any atom is 0.150 e. The molecule has 0 radical (unpaired) electrons. The number of nitrogen functional groups attached to an aromatic ring is 1. The first-order chi connectivity index (χ1) is 8.08. The van der Waals surface area contributed by atoms with E-state index in [0.717, 1.165) is 4.88 Å². The average molecular weight is 319 g/mol. The molecule has 1 heterocycles. The maximum absolute atomic E-state index is 13.5. The molecule has 2 rings (SSSR count). The molecule has 0 unspecified atom stereocenters. The van der Waals surface area contributed by atoms with Gasteiger partial charge in [-0.3, -0.25) is 0 Å². The molecule has 17 heavy (non-hydrogen) atoms. The Bertz CT molecular complexity index is 519. The lowest BCUT2D eigenvalue weighted by molar-refractivity contribution is 0.586. The van der Waals surface area contributed by atoms with Gasteiger partial charge in [0.15, 0.2) is 0 Å². The number of benzene rings is 1. The molecule has 0 saturated carbocycles. The lowest BCUT2D eigenvalue weighted by Crippen LogP contribution is -2.04. The van der Waals surface area contributed by atoms with Gasteiger partial charge in [-0.1, -0.05) is 15.9 Å². The molecule has 3 N–H and O–H groups in total. The molecule has 0 saturated heterocycles. The second-order valence-electron chi connectivity index (χ2n) is 3.40. The third-order valence-corrected chi connectivity index (χ3v) is 3.61. The molecular formula is C11H9BrF2N2S. The summed E-state index contributed by atoms with van der Waals surface area (Å²) in [6.45, 7) is 0.305. The minimum Gasteiger partial charge on any atom is -0.398 e. The lowest BCUT2D eigenvalue weighted by Gasteiger charge is -2.08. The fraction of sp³-hybridized carbons (Fsp3) is 0.0909. The standard InChI is InChI=1S/C11H9BrF2N2S/c12-6-3-7(13)11(8(14)4-6)16-5-10-9(15)1-2-17-10/h1-4,16H,5,15H2. The molecule has 2 aromatic rings. The molecular weight excluding hydrogens is 310 g/mol. The quantitative estimate of drug-likeness (QED) is 0.898. The van der Waals surface area contributed by atoms with Crippen molar-refractivity contribution < 1.29 is 8.78 Å². The van der Waals surface area contributed by atoms with Crippen LogP contribution in [-0.4, -0.2) is 0 Å². The number of thiophene rings is 1. The van der Waals surface area contributed by atoms with Crippen molar-refractivity contribution in [3.05, 3.63) is 44.6 Å². The summed E-state index contributed by atoms with van der Waals surface area (Å²) in [4.78, 5) is 0.853. The average Bonchev–Trinajstić information content (AvgIpc) is 2.62. The summed E-state index contributed by atoms with van der Waals surface area (Å²) >= 11 is 4.46. The van der Waals surface area contributed by atoms with E-state index >= 15 is 0 Å². The Labute approximate surface area is 110 Å². The van der Waals surface area contributed by atoms with Crippen molar-refractivity contribution in [1.82, 2.24) is 0 Å². The Hall–Kier alpha value is -1.14. The number of halogens is 3. The lowest BCUT2D eigenvalue weighted by atomic mass is 10.3. The number of hydrogen-bond donors (Lipinski definition) is 2. The molecule has 0 bridgehead atoms. The summed E-state index contributed by atoms with van der Waals surface area (Å²) in [5.74, 6) is -1.26. The van der Waals surface area contributed by atoms with E-state index in [1.807, 2.05) is 5.38 Å². The Morgan fingerprint density at radius 1 is 1.29 bits per heavy atom. The van der Waals surface area contributed by atoms with Crippen LogP contribution in [0.15, 0.2) is 28.1 Å². The summed E-state index contributed by atoms with van der Waals surface area (Å²) in [5.41, 5.74) is 6.17. The monoisotopic (exact) mass is 318 g/mol. The highest BCUT2D eigenvalue weighted by molar-refractivity contribution is 9.10. The summed E-state index contributed by atoms with van der Waals surface area (Å²) in [7, 11) is 0. The number of nitrogens with two attached hydrogens (primary N) is 1. The number of rotatable bonds is 3. The van der Waals surface area contributed by atoms with Crippen molar-refractivity contribution in [2.45, 2.75) is 6.54 Å². The zero-order chi connectivity index (χ0) is 12.4. The van der Waals surface area contributed by atoms with E-state index in [1.54, 1.807) is 6.07 Å². The molecule has 90 valence electrons. The molecule has 0 aliphatic carbocycles. The van der Waals surface area contributed by atoms with Gasteiger partial charge >= 0.3 is 0 Å². The summed E-state index contributed by atoms with van der Waals surface area (Å²) in [6.07, 6.45) is 0. The number of nitrogens with one attached hydrogen (secondary N) is 1. The Kier molecular flexibility index (Phi) is 3.63. The van der Waals surface area contributed by atoms with Crippen molar-refractivity contribution in [2.24, 2.45) is 0 Å². The zero-order valence-corrected chi connectivity index (χ0v) is 11.0. The normalized spacial score (nSPS) is 10.5. The molecule has 0 fully saturated rings. The first kappa shape index (κ1) is 12.3. The molecule has 0 atom stereocenters. The van der Waals surface area contributed by atoms with Gasteiger partial charge in [-0.05, 0) is 23.6 Å². The number of hydrogen-bond acceptors (Lipinski definition) is 3. The topological polar surface area (TPSA) is 38.0 Å². The minimum atomic E-state index is -0.632. The molecule has 0 aliphatic rings. The Morgan fingerprint density at radius 3 is 2.47 bits per heavy atom. The third-order valence-electron chi connectivity index (χ3n) is 2.21. The van der Waals surface area contributed by atoms with Gasteiger partial charge in [0.1, 0.15) is 17.3 Å². The van der Waals surface area contributed by atoms with Crippen LogP contribution in [0.25, 0.3) is 0 Å². The molecule has 6 heteroatoms. The smallest absolute Gasteiger partial charge is 0.150 e. The van der Waals surface area contributed by atoms with E-state index < -0.39 is 11.6 Å². The highest BCUT2D eigenvalue weighted by Gasteiger charge is 2.10. The zero-order valence-electron chi connectivity index (χ0n) is 8.64. The second kappa shape index (κ2) is 5.01. The number of anilines is 2. The summed E-state index contributed by atoms with van der Waals surface area (Å²) < 4.78 is 27.3. The van der Waals surface area contributed by atoms with Crippen molar-refractivity contribution in [1.29, 1.82) is 0 Å². The van der Waals surface area contributed by atoms with E-state index in [1.165, 1.54) is 23.5 Å². The minimum absolute atomic E-state index is 0.138.